The summed E-state index contributed by atoms with van der Waals surface area (Å²) in [6.07, 6.45) is 5.63. The summed E-state index contributed by atoms with van der Waals surface area (Å²) < 4.78 is 0. The Balaban J connectivity index is 2.41. The van der Waals surface area contributed by atoms with Gasteiger partial charge < -0.3 is 15.7 Å². The molecule has 1 rings (SSSR count). The number of hydrogen-bond acceptors (Lipinski definition) is 3. The lowest BCUT2D eigenvalue weighted by molar-refractivity contribution is -0.139. The van der Waals surface area contributed by atoms with E-state index in [2.05, 4.69) is 10.6 Å². The molecule has 0 bridgehead atoms. The highest BCUT2D eigenvalue weighted by atomic mass is 32.2. The van der Waals surface area contributed by atoms with Crippen LogP contribution in [0.3, 0.4) is 0 Å². The lowest BCUT2D eigenvalue weighted by atomic mass is 10.2. The molecule has 6 heteroatoms. The van der Waals surface area contributed by atoms with E-state index in [1.165, 1.54) is 0 Å². The highest BCUT2D eigenvalue weighted by molar-refractivity contribution is 7.99. The van der Waals surface area contributed by atoms with E-state index in [1.54, 1.807) is 18.7 Å². The summed E-state index contributed by atoms with van der Waals surface area (Å²) >= 11 is 1.75. The van der Waals surface area contributed by atoms with Crippen molar-refractivity contribution in [1.82, 2.24) is 10.6 Å². The third-order valence-corrected chi connectivity index (χ3v) is 4.25. The molecule has 2 amide bonds. The first-order chi connectivity index (χ1) is 8.08. The van der Waals surface area contributed by atoms with E-state index in [4.69, 9.17) is 5.11 Å². The summed E-state index contributed by atoms with van der Waals surface area (Å²) in [6.45, 7) is 1.74. The molecule has 1 saturated carbocycles. The molecule has 0 aromatic heterocycles. The normalized spacial score (nSPS) is 25.3. The van der Waals surface area contributed by atoms with E-state index in [1.807, 2.05) is 6.26 Å². The maximum absolute atomic E-state index is 11.6. The molecular weight excluding hydrogens is 240 g/mol. The maximum atomic E-state index is 11.6. The number of nitrogens with one attached hydrogen (secondary N) is 2. The number of amides is 2. The van der Waals surface area contributed by atoms with Crippen LogP contribution in [0.25, 0.3) is 0 Å². The Morgan fingerprint density at radius 3 is 2.71 bits per heavy atom. The van der Waals surface area contributed by atoms with Gasteiger partial charge in [0.05, 0.1) is 0 Å². The number of hydrogen-bond donors (Lipinski definition) is 3. The Labute approximate surface area is 106 Å². The van der Waals surface area contributed by atoms with E-state index >= 15 is 0 Å². The average Bonchev–Trinajstić information content (AvgIpc) is 2.72. The van der Waals surface area contributed by atoms with Gasteiger partial charge in [0.2, 0.25) is 0 Å². The summed E-state index contributed by atoms with van der Waals surface area (Å²) in [4.78, 5) is 22.4. The van der Waals surface area contributed by atoms with Gasteiger partial charge in [-0.2, -0.15) is 11.8 Å². The van der Waals surface area contributed by atoms with Gasteiger partial charge in [0.25, 0.3) is 0 Å². The number of thioether (sulfide) groups is 1. The van der Waals surface area contributed by atoms with Gasteiger partial charge in [-0.1, -0.05) is 13.3 Å². The fraction of sp³-hybridized carbons (Fsp3) is 0.818. The van der Waals surface area contributed by atoms with E-state index in [0.717, 1.165) is 19.3 Å². The largest absolute Gasteiger partial charge is 0.480 e. The van der Waals surface area contributed by atoms with Crippen LogP contribution in [0.1, 0.15) is 32.6 Å². The van der Waals surface area contributed by atoms with E-state index in [9.17, 15) is 9.59 Å². The molecule has 0 aromatic carbocycles. The van der Waals surface area contributed by atoms with Crippen molar-refractivity contribution < 1.29 is 14.7 Å². The van der Waals surface area contributed by atoms with Gasteiger partial charge in [0.15, 0.2) is 0 Å². The fourth-order valence-corrected chi connectivity index (χ4v) is 3.02. The molecule has 0 saturated heterocycles. The molecular formula is C11H20N2O3S. The van der Waals surface area contributed by atoms with Crippen LogP contribution in [0.15, 0.2) is 0 Å². The zero-order valence-electron chi connectivity index (χ0n) is 10.2. The van der Waals surface area contributed by atoms with E-state index < -0.39 is 12.0 Å². The first-order valence-corrected chi connectivity index (χ1v) is 7.19. The maximum Gasteiger partial charge on any atom is 0.326 e. The minimum Gasteiger partial charge on any atom is -0.480 e. The molecule has 3 atom stereocenters. The van der Waals surface area contributed by atoms with Gasteiger partial charge in [-0.05, 0) is 25.5 Å². The third kappa shape index (κ3) is 4.11. The molecule has 0 spiro atoms. The summed E-state index contributed by atoms with van der Waals surface area (Å²) in [5, 5.41) is 14.6. The Hall–Kier alpha value is -0.910. The predicted octanol–water partition coefficient (Wildman–Crippen LogP) is 1.43. The molecule has 1 aliphatic carbocycles. The van der Waals surface area contributed by atoms with Crippen molar-refractivity contribution in [3.05, 3.63) is 0 Å². The van der Waals surface area contributed by atoms with Crippen LogP contribution in [0.4, 0.5) is 4.79 Å². The second kappa shape index (κ2) is 6.74. The number of carbonyl (C=O) groups excluding carboxylic acids is 1. The zero-order chi connectivity index (χ0) is 12.8. The molecule has 0 aromatic rings. The van der Waals surface area contributed by atoms with Crippen molar-refractivity contribution in [2.45, 2.75) is 49.9 Å². The number of aliphatic carboxylic acids is 1. The van der Waals surface area contributed by atoms with Gasteiger partial charge in [0, 0.05) is 11.3 Å². The minimum absolute atomic E-state index is 0.163. The number of carboxylic acid groups (broad SMARTS) is 1. The van der Waals surface area contributed by atoms with Crippen molar-refractivity contribution in [2.24, 2.45) is 0 Å². The van der Waals surface area contributed by atoms with Crippen molar-refractivity contribution >= 4 is 23.8 Å². The molecule has 3 unspecified atom stereocenters. The molecule has 1 aliphatic rings. The van der Waals surface area contributed by atoms with Crippen LogP contribution in [0.2, 0.25) is 0 Å². The fourth-order valence-electron chi connectivity index (χ4n) is 2.08. The lowest BCUT2D eigenvalue weighted by Gasteiger charge is -2.21. The predicted molar refractivity (Wildman–Crippen MR) is 68.3 cm³/mol. The van der Waals surface area contributed by atoms with Gasteiger partial charge >= 0.3 is 12.0 Å². The summed E-state index contributed by atoms with van der Waals surface area (Å²) in [5.74, 6) is -0.990. The van der Waals surface area contributed by atoms with E-state index in [0.29, 0.717) is 11.7 Å². The summed E-state index contributed by atoms with van der Waals surface area (Å²) in [6, 6.07) is -1.01. The van der Waals surface area contributed by atoms with Crippen molar-refractivity contribution in [3.8, 4) is 0 Å². The van der Waals surface area contributed by atoms with Crippen LogP contribution in [0.5, 0.6) is 0 Å². The van der Waals surface area contributed by atoms with Crippen LogP contribution >= 0.6 is 11.8 Å². The van der Waals surface area contributed by atoms with Gasteiger partial charge in [-0.25, -0.2) is 9.59 Å². The molecule has 17 heavy (non-hydrogen) atoms. The number of rotatable bonds is 5. The number of carbonyl (C=O) groups is 2. The van der Waals surface area contributed by atoms with Crippen LogP contribution in [0, 0.1) is 0 Å². The highest BCUT2D eigenvalue weighted by Crippen LogP contribution is 2.28. The Bertz CT molecular complexity index is 286. The quantitative estimate of drug-likeness (QED) is 0.699. The molecule has 0 heterocycles. The third-order valence-electron chi connectivity index (χ3n) is 3.08. The Morgan fingerprint density at radius 1 is 1.47 bits per heavy atom. The molecule has 98 valence electrons. The van der Waals surface area contributed by atoms with Gasteiger partial charge in [0.1, 0.15) is 6.04 Å². The van der Waals surface area contributed by atoms with Crippen molar-refractivity contribution in [2.75, 3.05) is 6.26 Å². The second-order valence-corrected chi connectivity index (χ2v) is 5.31. The SMILES string of the molecule is CCC(NC(=O)NC1CCCC1SC)C(=O)O. The van der Waals surface area contributed by atoms with Crippen molar-refractivity contribution in [1.29, 1.82) is 0 Å². The number of urea groups is 1. The second-order valence-electron chi connectivity index (χ2n) is 4.23. The average molecular weight is 260 g/mol. The minimum atomic E-state index is -0.990. The Morgan fingerprint density at radius 2 is 2.18 bits per heavy atom. The highest BCUT2D eigenvalue weighted by Gasteiger charge is 2.28. The molecule has 1 fully saturated rings. The first kappa shape index (κ1) is 14.2. The Kier molecular flexibility index (Phi) is 5.61. The molecule has 0 aliphatic heterocycles. The lowest BCUT2D eigenvalue weighted by Crippen LogP contribution is -2.50. The smallest absolute Gasteiger partial charge is 0.326 e. The van der Waals surface area contributed by atoms with Crippen LogP contribution in [-0.2, 0) is 4.79 Å². The first-order valence-electron chi connectivity index (χ1n) is 5.91. The van der Waals surface area contributed by atoms with Crippen LogP contribution < -0.4 is 10.6 Å². The monoisotopic (exact) mass is 260 g/mol. The zero-order valence-corrected chi connectivity index (χ0v) is 11.0. The van der Waals surface area contributed by atoms with Gasteiger partial charge in [-0.3, -0.25) is 0 Å². The standard InChI is InChI=1S/C11H20N2O3S/c1-3-7(10(14)15)12-11(16)13-8-5-4-6-9(8)17-2/h7-9H,3-6H2,1-2H3,(H,14,15)(H2,12,13,16). The van der Waals surface area contributed by atoms with Crippen LogP contribution in [-0.4, -0.2) is 40.7 Å². The summed E-state index contributed by atoms with van der Waals surface area (Å²) in [7, 11) is 0. The summed E-state index contributed by atoms with van der Waals surface area (Å²) in [5.41, 5.74) is 0. The van der Waals surface area contributed by atoms with E-state index in [-0.39, 0.29) is 12.1 Å². The van der Waals surface area contributed by atoms with Crippen molar-refractivity contribution in [3.63, 3.8) is 0 Å². The molecule has 0 radical (unpaired) electrons. The molecule has 3 N–H and O–H groups in total. The number of carboxylic acids is 1. The van der Waals surface area contributed by atoms with Gasteiger partial charge in [-0.15, -0.1) is 0 Å². The molecule has 5 nitrogen and oxygen atoms in total. The topological polar surface area (TPSA) is 78.4 Å².